The van der Waals surface area contributed by atoms with Gasteiger partial charge in [0.25, 0.3) is 5.91 Å². The van der Waals surface area contributed by atoms with Crippen molar-refractivity contribution in [1.29, 1.82) is 0 Å². The molecule has 0 radical (unpaired) electrons. The summed E-state index contributed by atoms with van der Waals surface area (Å²) in [5.41, 5.74) is 3.23. The number of aromatic nitrogens is 5. The molecule has 0 aliphatic carbocycles. The molecule has 22 heavy (non-hydrogen) atoms. The van der Waals surface area contributed by atoms with Gasteiger partial charge >= 0.3 is 0 Å². The lowest BCUT2D eigenvalue weighted by Crippen LogP contribution is -2.31. The maximum atomic E-state index is 11.9. The Bertz CT molecular complexity index is 663. The maximum Gasteiger partial charge on any atom is 0.288 e. The number of ether oxygens (including phenoxy) is 1. The highest BCUT2D eigenvalue weighted by Crippen LogP contribution is 2.37. The van der Waals surface area contributed by atoms with Crippen LogP contribution in [0, 0.1) is 19.8 Å². The molecule has 1 aliphatic heterocycles. The van der Waals surface area contributed by atoms with E-state index in [1.54, 1.807) is 0 Å². The number of amides is 1. The van der Waals surface area contributed by atoms with E-state index in [-0.39, 0.29) is 23.8 Å². The summed E-state index contributed by atoms with van der Waals surface area (Å²) >= 11 is 0. The third kappa shape index (κ3) is 2.61. The van der Waals surface area contributed by atoms with Crippen molar-refractivity contribution in [3.63, 3.8) is 0 Å². The smallest absolute Gasteiger partial charge is 0.288 e. The zero-order chi connectivity index (χ0) is 15.7. The summed E-state index contributed by atoms with van der Waals surface area (Å²) in [6.07, 6.45) is 2.21. The van der Waals surface area contributed by atoms with E-state index >= 15 is 0 Å². The molecule has 0 saturated carbocycles. The molecule has 2 atom stereocenters. The first-order valence-electron chi connectivity index (χ1n) is 7.33. The molecule has 0 spiro atoms. The minimum Gasteiger partial charge on any atom is -0.373 e. The zero-order valence-electron chi connectivity index (χ0n) is 13.0. The van der Waals surface area contributed by atoms with Crippen LogP contribution in [0.2, 0.25) is 0 Å². The van der Waals surface area contributed by atoms with Crippen LogP contribution in [-0.4, -0.2) is 44.0 Å². The first-order chi connectivity index (χ1) is 10.6. The van der Waals surface area contributed by atoms with Crippen LogP contribution >= 0.6 is 0 Å². The van der Waals surface area contributed by atoms with Crippen LogP contribution in [0.4, 0.5) is 0 Å². The average molecular weight is 304 g/mol. The first kappa shape index (κ1) is 14.7. The van der Waals surface area contributed by atoms with Crippen LogP contribution in [0.15, 0.2) is 6.33 Å². The van der Waals surface area contributed by atoms with Crippen molar-refractivity contribution in [3.8, 4) is 0 Å². The Kier molecular flexibility index (Phi) is 3.93. The summed E-state index contributed by atoms with van der Waals surface area (Å²) < 4.78 is 7.78. The lowest BCUT2D eigenvalue weighted by molar-refractivity contribution is 0.0835. The van der Waals surface area contributed by atoms with E-state index in [2.05, 4.69) is 25.6 Å². The Labute approximate surface area is 128 Å². The molecule has 3 heterocycles. The summed E-state index contributed by atoms with van der Waals surface area (Å²) in [7, 11) is 1.93. The molecule has 2 aromatic rings. The minimum absolute atomic E-state index is 0.0243. The van der Waals surface area contributed by atoms with E-state index < -0.39 is 0 Å². The second-order valence-electron chi connectivity index (χ2n) is 5.59. The largest absolute Gasteiger partial charge is 0.373 e. The number of aryl methyl sites for hydroxylation is 2. The SMILES string of the molecule is Cc1nn(C)c(C)c1[C@H]1OCC[C@@H]1CNC(=O)c1ncn[nH]1. The Morgan fingerprint density at radius 3 is 3.00 bits per heavy atom. The highest BCUT2D eigenvalue weighted by molar-refractivity contribution is 5.90. The fourth-order valence-electron chi connectivity index (χ4n) is 2.99. The van der Waals surface area contributed by atoms with Gasteiger partial charge in [-0.05, 0) is 20.3 Å². The van der Waals surface area contributed by atoms with E-state index in [4.69, 9.17) is 4.74 Å². The number of nitrogens with one attached hydrogen (secondary N) is 2. The highest BCUT2D eigenvalue weighted by Gasteiger charge is 2.33. The van der Waals surface area contributed by atoms with Crippen molar-refractivity contribution in [2.75, 3.05) is 13.2 Å². The van der Waals surface area contributed by atoms with Gasteiger partial charge in [-0.25, -0.2) is 4.98 Å². The molecule has 2 N–H and O–H groups in total. The molecular formula is C14H20N6O2. The van der Waals surface area contributed by atoms with E-state index in [1.807, 2.05) is 25.6 Å². The third-order valence-electron chi connectivity index (χ3n) is 4.22. The molecule has 1 aliphatic rings. The topological polar surface area (TPSA) is 97.7 Å². The van der Waals surface area contributed by atoms with E-state index in [9.17, 15) is 4.79 Å². The molecule has 0 aromatic carbocycles. The van der Waals surface area contributed by atoms with Crippen LogP contribution in [0.1, 0.15) is 40.1 Å². The lowest BCUT2D eigenvalue weighted by Gasteiger charge is -2.19. The standard InChI is InChI=1S/C14H20N6O2/c1-8-11(9(2)20(3)19-8)12-10(4-5-22-12)6-15-14(21)13-16-7-17-18-13/h7,10,12H,4-6H2,1-3H3,(H,15,21)(H,16,17,18)/t10-,12+/m1/s1. The quantitative estimate of drug-likeness (QED) is 0.865. The fourth-order valence-corrected chi connectivity index (χ4v) is 2.99. The maximum absolute atomic E-state index is 11.9. The van der Waals surface area contributed by atoms with Gasteiger partial charge in [0.15, 0.2) is 0 Å². The Balaban J connectivity index is 1.70. The number of carbonyl (C=O) groups excluding carboxylic acids is 1. The van der Waals surface area contributed by atoms with E-state index in [0.29, 0.717) is 13.2 Å². The molecule has 1 saturated heterocycles. The Morgan fingerprint density at radius 1 is 1.55 bits per heavy atom. The monoisotopic (exact) mass is 304 g/mol. The number of carbonyl (C=O) groups is 1. The second kappa shape index (κ2) is 5.88. The zero-order valence-corrected chi connectivity index (χ0v) is 13.0. The number of H-pyrrole nitrogens is 1. The summed E-state index contributed by atoms with van der Waals surface area (Å²) in [6, 6.07) is 0. The van der Waals surface area contributed by atoms with Crippen molar-refractivity contribution >= 4 is 5.91 Å². The van der Waals surface area contributed by atoms with Crippen LogP contribution in [0.5, 0.6) is 0 Å². The molecule has 0 unspecified atom stereocenters. The molecular weight excluding hydrogens is 284 g/mol. The molecule has 1 fully saturated rings. The van der Waals surface area contributed by atoms with Gasteiger partial charge in [0.2, 0.25) is 5.82 Å². The molecule has 2 aromatic heterocycles. The van der Waals surface area contributed by atoms with Crippen LogP contribution < -0.4 is 5.32 Å². The molecule has 3 rings (SSSR count). The van der Waals surface area contributed by atoms with E-state index in [1.165, 1.54) is 6.33 Å². The van der Waals surface area contributed by atoms with Crippen LogP contribution in [0.25, 0.3) is 0 Å². The number of aromatic amines is 1. The minimum atomic E-state index is -0.247. The van der Waals surface area contributed by atoms with Crippen molar-refractivity contribution in [2.24, 2.45) is 13.0 Å². The van der Waals surface area contributed by atoms with Crippen molar-refractivity contribution in [3.05, 3.63) is 29.1 Å². The lowest BCUT2D eigenvalue weighted by atomic mass is 9.94. The summed E-state index contributed by atoms with van der Waals surface area (Å²) in [5, 5.41) is 13.6. The summed E-state index contributed by atoms with van der Waals surface area (Å²) in [5.74, 6) is 0.209. The van der Waals surface area contributed by atoms with Gasteiger partial charge in [0.1, 0.15) is 6.33 Å². The van der Waals surface area contributed by atoms with Gasteiger partial charge in [0.05, 0.1) is 11.8 Å². The fraction of sp³-hybridized carbons (Fsp3) is 0.571. The first-order valence-corrected chi connectivity index (χ1v) is 7.33. The van der Waals surface area contributed by atoms with E-state index in [0.717, 1.165) is 23.4 Å². The molecule has 1 amide bonds. The van der Waals surface area contributed by atoms with Gasteiger partial charge in [-0.15, -0.1) is 0 Å². The predicted molar refractivity (Wildman–Crippen MR) is 78.2 cm³/mol. The van der Waals surface area contributed by atoms with Gasteiger partial charge in [0, 0.05) is 37.4 Å². The molecule has 118 valence electrons. The number of rotatable bonds is 4. The van der Waals surface area contributed by atoms with Crippen molar-refractivity contribution in [2.45, 2.75) is 26.4 Å². The van der Waals surface area contributed by atoms with Crippen molar-refractivity contribution < 1.29 is 9.53 Å². The number of nitrogens with zero attached hydrogens (tertiary/aromatic N) is 4. The number of hydrogen-bond donors (Lipinski definition) is 2. The van der Waals surface area contributed by atoms with Crippen molar-refractivity contribution in [1.82, 2.24) is 30.3 Å². The average Bonchev–Trinajstić information content (AvgIpc) is 3.20. The normalized spacial score (nSPS) is 21.2. The van der Waals surface area contributed by atoms with Gasteiger partial charge < -0.3 is 10.1 Å². The molecule has 8 heteroatoms. The van der Waals surface area contributed by atoms with Gasteiger partial charge in [-0.1, -0.05) is 0 Å². The van der Waals surface area contributed by atoms with Crippen LogP contribution in [-0.2, 0) is 11.8 Å². The summed E-state index contributed by atoms with van der Waals surface area (Å²) in [6.45, 7) is 5.27. The molecule has 8 nitrogen and oxygen atoms in total. The van der Waals surface area contributed by atoms with Crippen LogP contribution in [0.3, 0.4) is 0 Å². The Hall–Kier alpha value is -2.22. The van der Waals surface area contributed by atoms with Gasteiger partial charge in [-0.3, -0.25) is 14.6 Å². The third-order valence-corrected chi connectivity index (χ3v) is 4.22. The Morgan fingerprint density at radius 2 is 2.36 bits per heavy atom. The predicted octanol–water partition coefficient (Wildman–Crippen LogP) is 0.663. The second-order valence-corrected chi connectivity index (χ2v) is 5.59. The summed E-state index contributed by atoms with van der Waals surface area (Å²) in [4.78, 5) is 15.8. The highest BCUT2D eigenvalue weighted by atomic mass is 16.5. The molecule has 0 bridgehead atoms. The number of hydrogen-bond acceptors (Lipinski definition) is 5. The van der Waals surface area contributed by atoms with Gasteiger partial charge in [-0.2, -0.15) is 10.2 Å².